The van der Waals surface area contributed by atoms with Crippen molar-refractivity contribution in [3.05, 3.63) is 29.6 Å². The van der Waals surface area contributed by atoms with Gasteiger partial charge >= 0.3 is 0 Å². The smallest absolute Gasteiger partial charge is 0.276 e. The molecule has 1 atom stereocenters. The summed E-state index contributed by atoms with van der Waals surface area (Å²) in [6.07, 6.45) is 9.01. The first-order chi connectivity index (χ1) is 10.6. The maximum Gasteiger partial charge on any atom is 0.276 e. The van der Waals surface area contributed by atoms with Gasteiger partial charge in [0.05, 0.1) is 11.6 Å². The number of rotatable bonds is 6. The second kappa shape index (κ2) is 7.89. The SMILES string of the molecule is CC[C@H](NC(=O)CC1CCCC1)c1cncc(C(=O)NO)c1. The first-order valence-corrected chi connectivity index (χ1v) is 7.82. The van der Waals surface area contributed by atoms with Gasteiger partial charge in [-0.15, -0.1) is 0 Å². The van der Waals surface area contributed by atoms with Crippen molar-refractivity contribution >= 4 is 11.8 Å². The fourth-order valence-electron chi connectivity index (χ4n) is 2.99. The van der Waals surface area contributed by atoms with Crippen LogP contribution in [0.25, 0.3) is 0 Å². The third-order valence-electron chi connectivity index (χ3n) is 4.22. The van der Waals surface area contributed by atoms with Gasteiger partial charge in [0.25, 0.3) is 5.91 Å². The van der Waals surface area contributed by atoms with Gasteiger partial charge in [-0.2, -0.15) is 0 Å². The number of pyridine rings is 1. The number of nitrogens with one attached hydrogen (secondary N) is 2. The minimum Gasteiger partial charge on any atom is -0.349 e. The Morgan fingerprint density at radius 3 is 2.73 bits per heavy atom. The first kappa shape index (κ1) is 16.4. The number of amides is 2. The molecule has 0 bridgehead atoms. The van der Waals surface area contributed by atoms with Gasteiger partial charge in [-0.1, -0.05) is 19.8 Å². The van der Waals surface area contributed by atoms with E-state index >= 15 is 0 Å². The predicted octanol–water partition coefficient (Wildman–Crippen LogP) is 2.35. The molecule has 1 fully saturated rings. The van der Waals surface area contributed by atoms with Gasteiger partial charge in [-0.3, -0.25) is 19.8 Å². The molecule has 1 aliphatic carbocycles. The van der Waals surface area contributed by atoms with Crippen molar-refractivity contribution in [1.29, 1.82) is 0 Å². The van der Waals surface area contributed by atoms with Crippen LogP contribution in [0.4, 0.5) is 0 Å². The molecule has 0 aliphatic heterocycles. The van der Waals surface area contributed by atoms with Crippen LogP contribution in [-0.4, -0.2) is 22.0 Å². The molecule has 6 heteroatoms. The average molecular weight is 305 g/mol. The van der Waals surface area contributed by atoms with Crippen LogP contribution in [-0.2, 0) is 4.79 Å². The summed E-state index contributed by atoms with van der Waals surface area (Å²) >= 11 is 0. The van der Waals surface area contributed by atoms with Gasteiger partial charge < -0.3 is 5.32 Å². The summed E-state index contributed by atoms with van der Waals surface area (Å²) in [5.74, 6) is -0.0561. The van der Waals surface area contributed by atoms with E-state index in [1.54, 1.807) is 17.7 Å². The second-order valence-electron chi connectivity index (χ2n) is 5.83. The average Bonchev–Trinajstić information content (AvgIpc) is 3.04. The second-order valence-corrected chi connectivity index (χ2v) is 5.83. The molecule has 2 amide bonds. The maximum atomic E-state index is 12.2. The molecular formula is C16H23N3O3. The summed E-state index contributed by atoms with van der Waals surface area (Å²) in [6.45, 7) is 1.97. The zero-order chi connectivity index (χ0) is 15.9. The summed E-state index contributed by atoms with van der Waals surface area (Å²) in [5.41, 5.74) is 2.62. The molecule has 0 spiro atoms. The predicted molar refractivity (Wildman–Crippen MR) is 81.2 cm³/mol. The van der Waals surface area contributed by atoms with Crippen LogP contribution < -0.4 is 10.8 Å². The van der Waals surface area contributed by atoms with E-state index in [2.05, 4.69) is 10.3 Å². The minimum absolute atomic E-state index is 0.0516. The number of aromatic nitrogens is 1. The largest absolute Gasteiger partial charge is 0.349 e. The first-order valence-electron chi connectivity index (χ1n) is 7.82. The quantitative estimate of drug-likeness (QED) is 0.556. The Hall–Kier alpha value is -1.95. The van der Waals surface area contributed by atoms with Gasteiger partial charge in [0.2, 0.25) is 5.91 Å². The van der Waals surface area contributed by atoms with Crippen LogP contribution in [0.15, 0.2) is 18.5 Å². The standard InChI is InChI=1S/C16H23N3O3/c1-2-14(18-15(20)7-11-5-3-4-6-11)12-8-13(10-17-9-12)16(21)19-22/h8-11,14,22H,2-7H2,1H3,(H,18,20)(H,19,21)/t14-/m0/s1. The molecule has 1 heterocycles. The highest BCUT2D eigenvalue weighted by molar-refractivity contribution is 5.93. The van der Waals surface area contributed by atoms with Gasteiger partial charge in [-0.05, 0) is 36.8 Å². The van der Waals surface area contributed by atoms with E-state index in [-0.39, 0.29) is 17.5 Å². The van der Waals surface area contributed by atoms with Crippen molar-refractivity contribution < 1.29 is 14.8 Å². The molecule has 6 nitrogen and oxygen atoms in total. The lowest BCUT2D eigenvalue weighted by molar-refractivity contribution is -0.122. The van der Waals surface area contributed by atoms with Crippen LogP contribution in [0, 0.1) is 5.92 Å². The molecule has 0 aromatic carbocycles. The number of hydrogen-bond donors (Lipinski definition) is 3. The fourth-order valence-corrected chi connectivity index (χ4v) is 2.99. The van der Waals surface area contributed by atoms with E-state index in [0.717, 1.165) is 18.4 Å². The Balaban J connectivity index is 2.01. The monoisotopic (exact) mass is 305 g/mol. The molecular weight excluding hydrogens is 282 g/mol. The van der Waals surface area contributed by atoms with Crippen molar-refractivity contribution in [3.63, 3.8) is 0 Å². The van der Waals surface area contributed by atoms with Crippen molar-refractivity contribution in [3.8, 4) is 0 Å². The number of nitrogens with zero attached hydrogens (tertiary/aromatic N) is 1. The summed E-state index contributed by atoms with van der Waals surface area (Å²) in [4.78, 5) is 27.6. The highest BCUT2D eigenvalue weighted by Crippen LogP contribution is 2.28. The Morgan fingerprint density at radius 1 is 1.36 bits per heavy atom. The van der Waals surface area contributed by atoms with Crippen LogP contribution in [0.1, 0.15) is 67.4 Å². The normalized spacial score (nSPS) is 16.3. The Kier molecular flexibility index (Phi) is 5.89. The Bertz CT molecular complexity index is 527. The lowest BCUT2D eigenvalue weighted by Gasteiger charge is -2.19. The summed E-state index contributed by atoms with van der Waals surface area (Å²) < 4.78 is 0. The molecule has 22 heavy (non-hydrogen) atoms. The molecule has 120 valence electrons. The van der Waals surface area contributed by atoms with Gasteiger partial charge in [0.1, 0.15) is 0 Å². The van der Waals surface area contributed by atoms with E-state index in [9.17, 15) is 9.59 Å². The molecule has 0 saturated heterocycles. The molecule has 2 rings (SSSR count). The van der Waals surface area contributed by atoms with Crippen molar-refractivity contribution in [1.82, 2.24) is 15.8 Å². The lowest BCUT2D eigenvalue weighted by Crippen LogP contribution is -2.29. The van der Waals surface area contributed by atoms with Gasteiger partial charge in [0, 0.05) is 18.8 Å². The molecule has 1 aromatic heterocycles. The number of hydroxylamine groups is 1. The van der Waals surface area contributed by atoms with Crippen molar-refractivity contribution in [2.75, 3.05) is 0 Å². The third-order valence-corrected chi connectivity index (χ3v) is 4.22. The molecule has 0 unspecified atom stereocenters. The fraction of sp³-hybridized carbons (Fsp3) is 0.562. The van der Waals surface area contributed by atoms with Crippen LogP contribution >= 0.6 is 0 Å². The maximum absolute atomic E-state index is 12.2. The zero-order valence-corrected chi connectivity index (χ0v) is 12.8. The van der Waals surface area contributed by atoms with Gasteiger partial charge in [0.15, 0.2) is 0 Å². The van der Waals surface area contributed by atoms with Crippen molar-refractivity contribution in [2.24, 2.45) is 5.92 Å². The topological polar surface area (TPSA) is 91.3 Å². The van der Waals surface area contributed by atoms with Crippen LogP contribution in [0.5, 0.6) is 0 Å². The van der Waals surface area contributed by atoms with E-state index in [1.165, 1.54) is 19.0 Å². The molecule has 0 radical (unpaired) electrons. The van der Waals surface area contributed by atoms with Crippen LogP contribution in [0.3, 0.4) is 0 Å². The Labute approximate surface area is 130 Å². The molecule has 1 aliphatic rings. The highest BCUT2D eigenvalue weighted by Gasteiger charge is 2.21. The van der Waals surface area contributed by atoms with Gasteiger partial charge in [-0.25, -0.2) is 5.48 Å². The number of hydrogen-bond acceptors (Lipinski definition) is 4. The summed E-state index contributed by atoms with van der Waals surface area (Å²) in [6, 6.07) is 1.47. The number of carbonyl (C=O) groups excluding carboxylic acids is 2. The summed E-state index contributed by atoms with van der Waals surface area (Å²) in [7, 11) is 0. The zero-order valence-electron chi connectivity index (χ0n) is 12.8. The van der Waals surface area contributed by atoms with Crippen molar-refractivity contribution in [2.45, 2.75) is 51.5 Å². The third kappa shape index (κ3) is 4.27. The van der Waals surface area contributed by atoms with E-state index in [4.69, 9.17) is 5.21 Å². The number of carbonyl (C=O) groups is 2. The molecule has 1 aromatic rings. The van der Waals surface area contributed by atoms with Crippen LogP contribution in [0.2, 0.25) is 0 Å². The molecule has 1 saturated carbocycles. The lowest BCUT2D eigenvalue weighted by atomic mass is 10.0. The highest BCUT2D eigenvalue weighted by atomic mass is 16.5. The Morgan fingerprint density at radius 2 is 2.09 bits per heavy atom. The molecule has 3 N–H and O–H groups in total. The van der Waals surface area contributed by atoms with E-state index in [0.29, 0.717) is 18.8 Å². The van der Waals surface area contributed by atoms with E-state index in [1.807, 2.05) is 6.92 Å². The minimum atomic E-state index is -0.610. The summed E-state index contributed by atoms with van der Waals surface area (Å²) in [5, 5.41) is 11.7. The van der Waals surface area contributed by atoms with E-state index < -0.39 is 5.91 Å².